The van der Waals surface area contributed by atoms with Gasteiger partial charge in [0, 0.05) is 49.7 Å². The Hall–Kier alpha value is -3.07. The van der Waals surface area contributed by atoms with E-state index in [9.17, 15) is 4.39 Å². The van der Waals surface area contributed by atoms with Crippen LogP contribution < -0.4 is 19.7 Å². The molecule has 8 nitrogen and oxygen atoms in total. The van der Waals surface area contributed by atoms with E-state index in [1.54, 1.807) is 18.0 Å². The van der Waals surface area contributed by atoms with E-state index >= 15 is 0 Å². The quantitative estimate of drug-likeness (QED) is 0.452. The number of pyridine rings is 1. The molecule has 0 spiro atoms. The van der Waals surface area contributed by atoms with Crippen molar-refractivity contribution < 1.29 is 13.9 Å². The summed E-state index contributed by atoms with van der Waals surface area (Å²) in [6, 6.07) is 8.94. The van der Waals surface area contributed by atoms with Gasteiger partial charge in [0.2, 0.25) is 11.8 Å². The van der Waals surface area contributed by atoms with Crippen molar-refractivity contribution in [2.24, 2.45) is 17.8 Å². The summed E-state index contributed by atoms with van der Waals surface area (Å²) in [6.07, 6.45) is 4.11. The Bertz CT molecular complexity index is 1170. The second-order valence-electron chi connectivity index (χ2n) is 9.70. The summed E-state index contributed by atoms with van der Waals surface area (Å²) in [6.45, 7) is 6.76. The SMILES string of the molecule is COc1cc(N2C[C@H]3CC[C@@H](C2)[C@@H]3Nc2nc(Oc3ccc(F)c(Cl)c3)n(CC(C)C)n2)ccn1. The largest absolute Gasteiger partial charge is 0.481 e. The summed E-state index contributed by atoms with van der Waals surface area (Å²) < 4.78 is 26.6. The van der Waals surface area contributed by atoms with Crippen molar-refractivity contribution in [2.45, 2.75) is 39.3 Å². The van der Waals surface area contributed by atoms with Gasteiger partial charge >= 0.3 is 6.01 Å². The minimum atomic E-state index is -0.489. The number of nitrogens with one attached hydrogen (secondary N) is 1. The van der Waals surface area contributed by atoms with Crippen LogP contribution in [0.25, 0.3) is 0 Å². The molecule has 3 atom stereocenters. The third-order valence-electron chi connectivity index (χ3n) is 6.70. The molecule has 3 aromatic rings. The van der Waals surface area contributed by atoms with Crippen LogP contribution in [0.3, 0.4) is 0 Å². The van der Waals surface area contributed by atoms with E-state index in [1.165, 1.54) is 18.2 Å². The van der Waals surface area contributed by atoms with Gasteiger partial charge in [-0.05, 0) is 48.8 Å². The molecular formula is C25H30ClFN6O2. The summed E-state index contributed by atoms with van der Waals surface area (Å²) in [4.78, 5) is 11.3. The maximum Gasteiger partial charge on any atom is 0.322 e. The molecule has 2 fully saturated rings. The average molecular weight is 501 g/mol. The van der Waals surface area contributed by atoms with Crippen LogP contribution in [0.1, 0.15) is 26.7 Å². The number of rotatable bonds is 8. The van der Waals surface area contributed by atoms with Gasteiger partial charge in [-0.25, -0.2) is 14.1 Å². The molecule has 1 saturated carbocycles. The Morgan fingerprint density at radius 3 is 2.63 bits per heavy atom. The average Bonchev–Trinajstić information content (AvgIpc) is 3.29. The van der Waals surface area contributed by atoms with Crippen molar-refractivity contribution in [3.63, 3.8) is 0 Å². The number of piperidine rings is 1. The van der Waals surface area contributed by atoms with Gasteiger partial charge in [0.25, 0.3) is 0 Å². The fourth-order valence-corrected chi connectivity index (χ4v) is 5.27. The van der Waals surface area contributed by atoms with Gasteiger partial charge in [0.05, 0.1) is 12.1 Å². The summed E-state index contributed by atoms with van der Waals surface area (Å²) in [7, 11) is 1.64. The Morgan fingerprint density at radius 2 is 1.94 bits per heavy atom. The number of methoxy groups -OCH3 is 1. The molecule has 0 unspecified atom stereocenters. The number of nitrogens with zero attached hydrogens (tertiary/aromatic N) is 5. The number of halogens is 2. The van der Waals surface area contributed by atoms with Crippen molar-refractivity contribution in [3.8, 4) is 17.6 Å². The molecule has 1 N–H and O–H groups in total. The Balaban J connectivity index is 1.32. The zero-order valence-electron chi connectivity index (χ0n) is 20.1. The first-order valence-corrected chi connectivity index (χ1v) is 12.4. The Morgan fingerprint density at radius 1 is 1.17 bits per heavy atom. The molecule has 1 aliphatic carbocycles. The number of hydrogen-bond donors (Lipinski definition) is 1. The standard InChI is InChI=1S/C25H30ClFN6O2/c1-15(2)12-33-25(35-19-6-7-21(27)20(26)11-19)30-24(31-33)29-23-16-4-5-17(23)14-32(13-16)18-8-9-28-22(10-18)34-3/h6-11,15-17,23H,4-5,12-14H2,1-3H3,(H,29,31)/t16-,17+,23-. The Labute approximate surface area is 209 Å². The Kier molecular flexibility index (Phi) is 6.69. The lowest BCUT2D eigenvalue weighted by molar-refractivity contribution is 0.370. The second-order valence-corrected chi connectivity index (χ2v) is 10.1. The third-order valence-corrected chi connectivity index (χ3v) is 6.99. The van der Waals surface area contributed by atoms with E-state index in [2.05, 4.69) is 34.0 Å². The van der Waals surface area contributed by atoms with Crippen LogP contribution in [-0.2, 0) is 6.54 Å². The second kappa shape index (κ2) is 9.89. The summed E-state index contributed by atoms with van der Waals surface area (Å²) in [5, 5.41) is 8.31. The minimum absolute atomic E-state index is 0.00549. The van der Waals surface area contributed by atoms with Crippen molar-refractivity contribution in [1.29, 1.82) is 0 Å². The molecule has 1 saturated heterocycles. The highest BCUT2D eigenvalue weighted by Crippen LogP contribution is 2.40. The van der Waals surface area contributed by atoms with Crippen LogP contribution in [0, 0.1) is 23.6 Å². The molecule has 0 amide bonds. The maximum absolute atomic E-state index is 13.6. The fourth-order valence-electron chi connectivity index (χ4n) is 5.10. The summed E-state index contributed by atoms with van der Waals surface area (Å²) >= 11 is 5.93. The molecule has 35 heavy (non-hydrogen) atoms. The van der Waals surface area contributed by atoms with Gasteiger partial charge in [0.1, 0.15) is 11.6 Å². The third kappa shape index (κ3) is 5.15. The number of benzene rings is 1. The number of anilines is 2. The van der Waals surface area contributed by atoms with E-state index in [-0.39, 0.29) is 11.1 Å². The molecule has 10 heteroatoms. The lowest BCUT2D eigenvalue weighted by Gasteiger charge is -2.39. The molecule has 1 aromatic carbocycles. The van der Waals surface area contributed by atoms with Crippen LogP contribution in [0.2, 0.25) is 5.02 Å². The fraction of sp³-hybridized carbons (Fsp3) is 0.480. The number of hydrogen-bond acceptors (Lipinski definition) is 7. The normalized spacial score (nSPS) is 21.4. The van der Waals surface area contributed by atoms with Crippen molar-refractivity contribution in [1.82, 2.24) is 19.7 Å². The maximum atomic E-state index is 13.6. The van der Waals surface area contributed by atoms with Gasteiger partial charge in [-0.1, -0.05) is 25.4 Å². The molecular weight excluding hydrogens is 471 g/mol. The van der Waals surface area contributed by atoms with Crippen LogP contribution in [0.5, 0.6) is 17.6 Å². The summed E-state index contributed by atoms with van der Waals surface area (Å²) in [5.41, 5.74) is 1.14. The van der Waals surface area contributed by atoms with E-state index < -0.39 is 5.82 Å². The van der Waals surface area contributed by atoms with Gasteiger partial charge < -0.3 is 19.7 Å². The van der Waals surface area contributed by atoms with Crippen LogP contribution >= 0.6 is 11.6 Å². The van der Waals surface area contributed by atoms with Crippen molar-refractivity contribution >= 4 is 23.2 Å². The predicted octanol–water partition coefficient (Wildman–Crippen LogP) is 5.25. The van der Waals surface area contributed by atoms with Crippen molar-refractivity contribution in [3.05, 3.63) is 47.4 Å². The first kappa shape index (κ1) is 23.7. The van der Waals surface area contributed by atoms with Crippen LogP contribution in [0.15, 0.2) is 36.5 Å². The van der Waals surface area contributed by atoms with Gasteiger partial charge in [-0.15, -0.1) is 5.10 Å². The van der Waals surface area contributed by atoms with E-state index in [0.717, 1.165) is 31.6 Å². The monoisotopic (exact) mass is 500 g/mol. The highest BCUT2D eigenvalue weighted by molar-refractivity contribution is 6.30. The molecule has 1 aliphatic heterocycles. The predicted molar refractivity (Wildman–Crippen MR) is 133 cm³/mol. The van der Waals surface area contributed by atoms with Crippen LogP contribution in [0.4, 0.5) is 16.0 Å². The number of aromatic nitrogens is 4. The smallest absolute Gasteiger partial charge is 0.322 e. The molecule has 2 aliphatic rings. The lowest BCUT2D eigenvalue weighted by Crippen LogP contribution is -2.48. The van der Waals surface area contributed by atoms with E-state index in [1.807, 2.05) is 12.1 Å². The van der Waals surface area contributed by atoms with Gasteiger partial charge in [-0.3, -0.25) is 0 Å². The zero-order valence-corrected chi connectivity index (χ0v) is 20.9. The number of fused-ring (bicyclic) bond motifs is 2. The molecule has 3 heterocycles. The summed E-state index contributed by atoms with van der Waals surface area (Å²) in [5.74, 6) is 2.41. The van der Waals surface area contributed by atoms with E-state index in [0.29, 0.717) is 47.9 Å². The van der Waals surface area contributed by atoms with E-state index in [4.69, 9.17) is 26.2 Å². The molecule has 186 valence electrons. The zero-order chi connectivity index (χ0) is 24.5. The first-order valence-electron chi connectivity index (χ1n) is 12.0. The first-order chi connectivity index (χ1) is 16.9. The van der Waals surface area contributed by atoms with Gasteiger partial charge in [-0.2, -0.15) is 4.98 Å². The molecule has 2 aromatic heterocycles. The molecule has 2 bridgehead atoms. The van der Waals surface area contributed by atoms with Crippen molar-refractivity contribution in [2.75, 3.05) is 30.4 Å². The van der Waals surface area contributed by atoms with Crippen LogP contribution in [-0.4, -0.2) is 46.0 Å². The highest BCUT2D eigenvalue weighted by Gasteiger charge is 2.42. The molecule has 5 rings (SSSR count). The minimum Gasteiger partial charge on any atom is -0.481 e. The topological polar surface area (TPSA) is 77.3 Å². The van der Waals surface area contributed by atoms with Gasteiger partial charge in [0.15, 0.2) is 0 Å². The molecule has 0 radical (unpaired) electrons. The lowest BCUT2D eigenvalue weighted by atomic mass is 9.92. The number of ether oxygens (including phenoxy) is 2. The highest BCUT2D eigenvalue weighted by atomic mass is 35.5.